The van der Waals surface area contributed by atoms with E-state index in [9.17, 15) is 0 Å². The van der Waals surface area contributed by atoms with Gasteiger partial charge in [-0.15, -0.1) is 0 Å². The zero-order valence-corrected chi connectivity index (χ0v) is 11.2. The van der Waals surface area contributed by atoms with E-state index >= 15 is 0 Å². The number of rotatable bonds is 4. The number of aromatic amines is 1. The highest BCUT2D eigenvalue weighted by atomic mass is 16.6. The second kappa shape index (κ2) is 5.09. The fourth-order valence-corrected chi connectivity index (χ4v) is 2.18. The number of benzene rings is 1. The van der Waals surface area contributed by atoms with Crippen LogP contribution in [0, 0.1) is 0 Å². The molecular formula is C14H18N2O3. The van der Waals surface area contributed by atoms with Gasteiger partial charge in [-0.3, -0.25) is 0 Å². The van der Waals surface area contributed by atoms with Gasteiger partial charge in [-0.05, 0) is 13.3 Å². The molecule has 5 nitrogen and oxygen atoms in total. The number of H-pyrrole nitrogens is 1. The summed E-state index contributed by atoms with van der Waals surface area (Å²) in [6, 6.07) is 3.89. The second-order valence-corrected chi connectivity index (χ2v) is 4.78. The molecule has 1 unspecified atom stereocenters. The first kappa shape index (κ1) is 12.3. The zero-order valence-electron chi connectivity index (χ0n) is 11.2. The van der Waals surface area contributed by atoms with Crippen LogP contribution in [0.2, 0.25) is 0 Å². The van der Waals surface area contributed by atoms with Gasteiger partial charge in [-0.25, -0.2) is 4.98 Å². The number of aryl methyl sites for hydroxylation is 1. The monoisotopic (exact) mass is 262 g/mol. The molecule has 0 saturated carbocycles. The zero-order chi connectivity index (χ0) is 13.2. The molecule has 0 fully saturated rings. The first-order valence-electron chi connectivity index (χ1n) is 6.57. The van der Waals surface area contributed by atoms with Crippen molar-refractivity contribution in [2.75, 3.05) is 20.3 Å². The normalized spacial score (nSPS) is 15.7. The third-order valence-corrected chi connectivity index (χ3v) is 3.38. The Morgan fingerprint density at radius 2 is 2.05 bits per heavy atom. The summed E-state index contributed by atoms with van der Waals surface area (Å²) in [6.45, 7) is 3.26. The van der Waals surface area contributed by atoms with Crippen LogP contribution in [0.4, 0.5) is 0 Å². The van der Waals surface area contributed by atoms with Crippen molar-refractivity contribution in [1.82, 2.24) is 9.97 Å². The summed E-state index contributed by atoms with van der Waals surface area (Å²) < 4.78 is 16.4. The first-order valence-corrected chi connectivity index (χ1v) is 6.57. The van der Waals surface area contributed by atoms with Gasteiger partial charge in [0.1, 0.15) is 19.0 Å². The Kier molecular flexibility index (Phi) is 3.29. The van der Waals surface area contributed by atoms with Crippen molar-refractivity contribution in [3.63, 3.8) is 0 Å². The molecule has 0 spiro atoms. The van der Waals surface area contributed by atoms with Gasteiger partial charge in [0.2, 0.25) is 0 Å². The van der Waals surface area contributed by atoms with Crippen LogP contribution in [0.3, 0.4) is 0 Å². The van der Waals surface area contributed by atoms with Gasteiger partial charge in [0.15, 0.2) is 11.5 Å². The molecule has 19 heavy (non-hydrogen) atoms. The van der Waals surface area contributed by atoms with Gasteiger partial charge in [0.25, 0.3) is 0 Å². The summed E-state index contributed by atoms with van der Waals surface area (Å²) in [5, 5.41) is 0. The van der Waals surface area contributed by atoms with E-state index in [-0.39, 0.29) is 6.10 Å². The molecule has 2 heterocycles. The number of methoxy groups -OCH3 is 1. The summed E-state index contributed by atoms with van der Waals surface area (Å²) in [5.74, 6) is 2.54. The van der Waals surface area contributed by atoms with Gasteiger partial charge in [0.05, 0.1) is 17.1 Å². The van der Waals surface area contributed by atoms with Crippen molar-refractivity contribution in [1.29, 1.82) is 0 Å². The van der Waals surface area contributed by atoms with Crippen LogP contribution in [0.15, 0.2) is 12.1 Å². The van der Waals surface area contributed by atoms with Crippen LogP contribution in [-0.4, -0.2) is 36.4 Å². The molecule has 0 saturated heterocycles. The topological polar surface area (TPSA) is 56.4 Å². The van der Waals surface area contributed by atoms with Gasteiger partial charge in [-0.1, -0.05) is 0 Å². The lowest BCUT2D eigenvalue weighted by molar-refractivity contribution is 0.111. The quantitative estimate of drug-likeness (QED) is 0.918. The second-order valence-electron chi connectivity index (χ2n) is 4.78. The van der Waals surface area contributed by atoms with Gasteiger partial charge in [-0.2, -0.15) is 0 Å². The molecule has 0 bridgehead atoms. The van der Waals surface area contributed by atoms with Crippen molar-refractivity contribution in [3.05, 3.63) is 18.0 Å². The molecule has 5 heteroatoms. The van der Waals surface area contributed by atoms with E-state index in [1.54, 1.807) is 7.11 Å². The fourth-order valence-electron chi connectivity index (χ4n) is 2.18. The molecule has 0 aliphatic carbocycles. The summed E-state index contributed by atoms with van der Waals surface area (Å²) in [4.78, 5) is 7.90. The van der Waals surface area contributed by atoms with Crippen LogP contribution in [-0.2, 0) is 11.2 Å². The van der Waals surface area contributed by atoms with Gasteiger partial charge >= 0.3 is 0 Å². The highest BCUT2D eigenvalue weighted by Gasteiger charge is 2.15. The van der Waals surface area contributed by atoms with Crippen LogP contribution in [0.5, 0.6) is 11.5 Å². The minimum absolute atomic E-state index is 0.244. The summed E-state index contributed by atoms with van der Waals surface area (Å²) >= 11 is 0. The third-order valence-electron chi connectivity index (χ3n) is 3.38. The Labute approximate surface area is 111 Å². The number of imidazole rings is 1. The van der Waals surface area contributed by atoms with Crippen LogP contribution < -0.4 is 9.47 Å². The van der Waals surface area contributed by atoms with E-state index < -0.39 is 0 Å². The molecule has 1 aliphatic heterocycles. The molecule has 2 aromatic rings. The molecule has 1 aromatic heterocycles. The van der Waals surface area contributed by atoms with E-state index in [4.69, 9.17) is 14.2 Å². The number of ether oxygens (including phenoxy) is 3. The summed E-state index contributed by atoms with van der Waals surface area (Å²) in [5.41, 5.74) is 1.91. The lowest BCUT2D eigenvalue weighted by Gasteiger charge is -2.17. The predicted molar refractivity (Wildman–Crippen MR) is 71.9 cm³/mol. The van der Waals surface area contributed by atoms with Crippen molar-refractivity contribution in [2.24, 2.45) is 0 Å². The minimum atomic E-state index is 0.244. The number of nitrogens with zero attached hydrogens (tertiary/aromatic N) is 1. The smallest absolute Gasteiger partial charge is 0.163 e. The van der Waals surface area contributed by atoms with Crippen molar-refractivity contribution in [2.45, 2.75) is 25.9 Å². The molecular weight excluding hydrogens is 244 g/mol. The van der Waals surface area contributed by atoms with Crippen molar-refractivity contribution >= 4 is 11.0 Å². The Hall–Kier alpha value is -1.75. The number of nitrogens with one attached hydrogen (secondary N) is 1. The molecule has 0 amide bonds. The molecule has 1 N–H and O–H groups in total. The maximum atomic E-state index is 5.56. The van der Waals surface area contributed by atoms with E-state index in [0.29, 0.717) is 13.2 Å². The van der Waals surface area contributed by atoms with Gasteiger partial charge < -0.3 is 19.2 Å². The standard InChI is InChI=1S/C14H18N2O3/c1-9(17-2)3-4-14-15-10-7-12-13(8-11(10)16-14)19-6-5-18-12/h7-9H,3-6H2,1-2H3,(H,15,16). The number of hydrogen-bond acceptors (Lipinski definition) is 4. The maximum absolute atomic E-state index is 5.56. The molecule has 1 atom stereocenters. The summed E-state index contributed by atoms with van der Waals surface area (Å²) in [7, 11) is 1.73. The first-order chi connectivity index (χ1) is 9.26. The van der Waals surface area contributed by atoms with Gasteiger partial charge in [0, 0.05) is 25.7 Å². The van der Waals surface area contributed by atoms with Crippen LogP contribution in [0.25, 0.3) is 11.0 Å². The molecule has 3 rings (SSSR count). The highest BCUT2D eigenvalue weighted by molar-refractivity contribution is 5.79. The lowest BCUT2D eigenvalue weighted by Crippen LogP contribution is -2.15. The molecule has 1 aliphatic rings. The van der Waals surface area contributed by atoms with Crippen molar-refractivity contribution < 1.29 is 14.2 Å². The maximum Gasteiger partial charge on any atom is 0.163 e. The van der Waals surface area contributed by atoms with E-state index in [2.05, 4.69) is 16.9 Å². The van der Waals surface area contributed by atoms with E-state index in [1.807, 2.05) is 12.1 Å². The highest BCUT2D eigenvalue weighted by Crippen LogP contribution is 2.33. The van der Waals surface area contributed by atoms with E-state index in [1.165, 1.54) is 0 Å². The number of hydrogen-bond donors (Lipinski definition) is 1. The lowest BCUT2D eigenvalue weighted by atomic mass is 10.2. The molecule has 0 radical (unpaired) electrons. The van der Waals surface area contributed by atoms with Crippen LogP contribution >= 0.6 is 0 Å². The number of fused-ring (bicyclic) bond motifs is 2. The minimum Gasteiger partial charge on any atom is -0.486 e. The predicted octanol–water partition coefficient (Wildman–Crippen LogP) is 2.30. The number of aromatic nitrogens is 2. The Morgan fingerprint density at radius 1 is 1.32 bits per heavy atom. The largest absolute Gasteiger partial charge is 0.486 e. The average molecular weight is 262 g/mol. The Morgan fingerprint density at radius 3 is 2.79 bits per heavy atom. The molecule has 102 valence electrons. The fraction of sp³-hybridized carbons (Fsp3) is 0.500. The SMILES string of the molecule is COC(C)CCc1nc2cc3c(cc2[nH]1)OCCO3. The molecule has 1 aromatic carbocycles. The van der Waals surface area contributed by atoms with Crippen molar-refractivity contribution in [3.8, 4) is 11.5 Å². The average Bonchev–Trinajstić information content (AvgIpc) is 2.83. The third kappa shape index (κ3) is 2.51. The Bertz CT molecular complexity index is 536. The van der Waals surface area contributed by atoms with E-state index in [0.717, 1.165) is 41.2 Å². The Balaban J connectivity index is 1.84. The van der Waals surface area contributed by atoms with Crippen LogP contribution in [0.1, 0.15) is 19.2 Å². The summed E-state index contributed by atoms with van der Waals surface area (Å²) in [6.07, 6.45) is 2.06.